The molecule has 2 rings (SSSR count). The van der Waals surface area contributed by atoms with Gasteiger partial charge in [0.15, 0.2) is 0 Å². The minimum atomic E-state index is -0.165. The van der Waals surface area contributed by atoms with Gasteiger partial charge in [-0.2, -0.15) is 0 Å². The van der Waals surface area contributed by atoms with Crippen LogP contribution in [0.25, 0.3) is 6.08 Å². The van der Waals surface area contributed by atoms with Crippen molar-refractivity contribution in [2.75, 3.05) is 0 Å². The first-order valence-electron chi connectivity index (χ1n) is 5.25. The normalized spacial score (nSPS) is 10.8. The summed E-state index contributed by atoms with van der Waals surface area (Å²) in [6.07, 6.45) is 4.67. The van der Waals surface area contributed by atoms with Crippen LogP contribution in [0, 0.1) is 0 Å². The molecule has 0 aliphatic rings. The number of allylic oxidation sites excluding steroid dienone is 1. The number of hydrogen-bond acceptors (Lipinski definition) is 2. The van der Waals surface area contributed by atoms with E-state index in [0.717, 1.165) is 5.56 Å². The van der Waals surface area contributed by atoms with Gasteiger partial charge in [-0.15, -0.1) is 0 Å². The molecule has 1 aromatic heterocycles. The number of rotatable bonds is 3. The molecule has 4 heteroatoms. The molecule has 0 aliphatic heterocycles. The molecule has 90 valence electrons. The maximum Gasteiger partial charge on any atom is 0.204 e. The van der Waals surface area contributed by atoms with Gasteiger partial charge in [0.2, 0.25) is 5.78 Å². The largest absolute Gasteiger partial charge is 0.288 e. The fourth-order valence-corrected chi connectivity index (χ4v) is 1.87. The van der Waals surface area contributed by atoms with Crippen LogP contribution in [0.15, 0.2) is 48.7 Å². The molecule has 0 spiro atoms. The summed E-state index contributed by atoms with van der Waals surface area (Å²) in [6.45, 7) is 0. The van der Waals surface area contributed by atoms with Gasteiger partial charge in [0.05, 0.1) is 0 Å². The minimum Gasteiger partial charge on any atom is -0.288 e. The predicted molar refractivity (Wildman–Crippen MR) is 74.1 cm³/mol. The van der Waals surface area contributed by atoms with Gasteiger partial charge in [-0.1, -0.05) is 35.3 Å². The Labute approximate surface area is 115 Å². The molecule has 18 heavy (non-hydrogen) atoms. The van der Waals surface area contributed by atoms with Crippen LogP contribution in [0.4, 0.5) is 0 Å². The highest BCUT2D eigenvalue weighted by atomic mass is 35.5. The topological polar surface area (TPSA) is 30.0 Å². The number of benzene rings is 1. The van der Waals surface area contributed by atoms with Crippen molar-refractivity contribution in [2.24, 2.45) is 0 Å². The molecule has 0 radical (unpaired) electrons. The fraction of sp³-hybridized carbons (Fsp3) is 0. The van der Waals surface area contributed by atoms with Crippen molar-refractivity contribution < 1.29 is 4.79 Å². The molecule has 0 aliphatic carbocycles. The Hall–Kier alpha value is -1.64. The number of nitrogens with zero attached hydrogens (tertiary/aromatic N) is 1. The molecule has 0 fully saturated rings. The monoisotopic (exact) mass is 277 g/mol. The highest BCUT2D eigenvalue weighted by molar-refractivity contribution is 6.35. The van der Waals surface area contributed by atoms with E-state index in [1.165, 1.54) is 6.08 Å². The number of ketones is 1. The third-order valence-corrected chi connectivity index (χ3v) is 2.86. The van der Waals surface area contributed by atoms with Gasteiger partial charge in [0.25, 0.3) is 0 Å². The van der Waals surface area contributed by atoms with Crippen LogP contribution in [0.2, 0.25) is 10.0 Å². The first-order valence-corrected chi connectivity index (χ1v) is 6.01. The van der Waals surface area contributed by atoms with Crippen molar-refractivity contribution in [3.63, 3.8) is 0 Å². The summed E-state index contributed by atoms with van der Waals surface area (Å²) < 4.78 is 0. The van der Waals surface area contributed by atoms with E-state index in [-0.39, 0.29) is 5.78 Å². The number of pyridine rings is 1. The van der Waals surface area contributed by atoms with Crippen LogP contribution in [-0.2, 0) is 0 Å². The number of halogens is 2. The average Bonchev–Trinajstić information content (AvgIpc) is 2.38. The second-order valence-electron chi connectivity index (χ2n) is 3.58. The molecule has 1 aromatic carbocycles. The molecule has 0 bridgehead atoms. The van der Waals surface area contributed by atoms with Gasteiger partial charge in [-0.25, -0.2) is 0 Å². The maximum absolute atomic E-state index is 11.8. The Morgan fingerprint density at radius 3 is 2.67 bits per heavy atom. The first kappa shape index (κ1) is 12.8. The van der Waals surface area contributed by atoms with E-state index in [4.69, 9.17) is 23.2 Å². The van der Waals surface area contributed by atoms with Gasteiger partial charge in [0.1, 0.15) is 5.69 Å². The molecular formula is C14H9Cl2NO. The number of carbonyl (C=O) groups is 1. The van der Waals surface area contributed by atoms with Crippen molar-refractivity contribution in [2.45, 2.75) is 0 Å². The smallest absolute Gasteiger partial charge is 0.204 e. The summed E-state index contributed by atoms with van der Waals surface area (Å²) in [5.74, 6) is -0.165. The molecule has 2 aromatic rings. The summed E-state index contributed by atoms with van der Waals surface area (Å²) in [4.78, 5) is 15.8. The van der Waals surface area contributed by atoms with Crippen molar-refractivity contribution >= 4 is 35.1 Å². The Morgan fingerprint density at radius 2 is 2.00 bits per heavy atom. The van der Waals surface area contributed by atoms with Crippen LogP contribution in [0.1, 0.15) is 16.1 Å². The SMILES string of the molecule is O=C(/C=C/c1ccc(Cl)cc1Cl)c1ccccn1. The molecule has 0 unspecified atom stereocenters. The average molecular weight is 278 g/mol. The zero-order valence-electron chi connectivity index (χ0n) is 9.31. The molecule has 0 saturated carbocycles. The van der Waals surface area contributed by atoms with E-state index in [2.05, 4.69) is 4.98 Å². The van der Waals surface area contributed by atoms with E-state index < -0.39 is 0 Å². The number of carbonyl (C=O) groups excluding carboxylic acids is 1. The quantitative estimate of drug-likeness (QED) is 0.619. The first-order chi connectivity index (χ1) is 8.66. The molecule has 0 amide bonds. The highest BCUT2D eigenvalue weighted by Gasteiger charge is 2.02. The van der Waals surface area contributed by atoms with Gasteiger partial charge in [-0.3, -0.25) is 9.78 Å². The lowest BCUT2D eigenvalue weighted by atomic mass is 10.1. The summed E-state index contributed by atoms with van der Waals surface area (Å²) in [6, 6.07) is 10.3. The lowest BCUT2D eigenvalue weighted by Crippen LogP contribution is -1.96. The maximum atomic E-state index is 11.8. The molecule has 0 N–H and O–H groups in total. The van der Waals surface area contributed by atoms with E-state index in [1.807, 2.05) is 0 Å². The molecule has 0 atom stereocenters. The van der Waals surface area contributed by atoms with Gasteiger partial charge >= 0.3 is 0 Å². The van der Waals surface area contributed by atoms with Crippen molar-refractivity contribution in [3.05, 3.63) is 70.0 Å². The molecule has 0 saturated heterocycles. The van der Waals surface area contributed by atoms with Crippen LogP contribution < -0.4 is 0 Å². The third-order valence-electron chi connectivity index (χ3n) is 2.29. The zero-order valence-corrected chi connectivity index (χ0v) is 10.8. The lowest BCUT2D eigenvalue weighted by molar-refractivity contribution is 0.104. The van der Waals surface area contributed by atoms with E-state index in [1.54, 1.807) is 48.7 Å². The van der Waals surface area contributed by atoms with Gasteiger partial charge < -0.3 is 0 Å². The summed E-state index contributed by atoms with van der Waals surface area (Å²) in [5.41, 5.74) is 1.14. The standard InChI is InChI=1S/C14H9Cl2NO/c15-11-6-4-10(12(16)9-11)5-7-14(18)13-3-1-2-8-17-13/h1-9H/b7-5+. The summed E-state index contributed by atoms with van der Waals surface area (Å²) in [7, 11) is 0. The summed E-state index contributed by atoms with van der Waals surface area (Å²) >= 11 is 11.8. The predicted octanol–water partition coefficient (Wildman–Crippen LogP) is 4.28. The van der Waals surface area contributed by atoms with Crippen molar-refractivity contribution in [1.82, 2.24) is 4.98 Å². The van der Waals surface area contributed by atoms with E-state index in [0.29, 0.717) is 15.7 Å². The second-order valence-corrected chi connectivity index (χ2v) is 4.42. The Kier molecular flexibility index (Phi) is 4.13. The molecule has 1 heterocycles. The highest BCUT2D eigenvalue weighted by Crippen LogP contribution is 2.22. The van der Waals surface area contributed by atoms with Crippen LogP contribution >= 0.6 is 23.2 Å². The number of hydrogen-bond donors (Lipinski definition) is 0. The van der Waals surface area contributed by atoms with Gasteiger partial charge in [-0.05, 0) is 42.0 Å². The third kappa shape index (κ3) is 3.19. The van der Waals surface area contributed by atoms with Crippen LogP contribution in [0.3, 0.4) is 0 Å². The lowest BCUT2D eigenvalue weighted by Gasteiger charge is -1.98. The fourth-order valence-electron chi connectivity index (χ4n) is 1.40. The zero-order chi connectivity index (χ0) is 13.0. The number of aromatic nitrogens is 1. The summed E-state index contributed by atoms with van der Waals surface area (Å²) in [5, 5.41) is 1.07. The Morgan fingerprint density at radius 1 is 1.17 bits per heavy atom. The van der Waals surface area contributed by atoms with Crippen molar-refractivity contribution in [1.29, 1.82) is 0 Å². The minimum absolute atomic E-state index is 0.165. The van der Waals surface area contributed by atoms with Crippen LogP contribution in [-0.4, -0.2) is 10.8 Å². The molecular weight excluding hydrogens is 269 g/mol. The second kappa shape index (κ2) is 5.80. The Balaban J connectivity index is 2.19. The van der Waals surface area contributed by atoms with E-state index >= 15 is 0 Å². The Bertz CT molecular complexity index is 594. The molecule has 2 nitrogen and oxygen atoms in total. The van der Waals surface area contributed by atoms with Crippen molar-refractivity contribution in [3.8, 4) is 0 Å². The van der Waals surface area contributed by atoms with Gasteiger partial charge in [0, 0.05) is 16.2 Å². The van der Waals surface area contributed by atoms with Crippen LogP contribution in [0.5, 0.6) is 0 Å². The van der Waals surface area contributed by atoms with E-state index in [9.17, 15) is 4.79 Å².